The second-order valence-electron chi connectivity index (χ2n) is 8.20. The minimum Gasteiger partial charge on any atom is -0.494 e. The molecule has 0 bridgehead atoms. The van der Waals surface area contributed by atoms with Crippen LogP contribution in [0.4, 0.5) is 0 Å². The van der Waals surface area contributed by atoms with E-state index in [2.05, 4.69) is 62.0 Å². The Morgan fingerprint density at radius 3 is 2.58 bits per heavy atom. The fourth-order valence-electron chi connectivity index (χ4n) is 4.21. The Hall–Kier alpha value is -2.02. The van der Waals surface area contributed by atoms with Crippen LogP contribution in [0.2, 0.25) is 5.02 Å². The van der Waals surface area contributed by atoms with Gasteiger partial charge in [-0.3, -0.25) is 0 Å². The van der Waals surface area contributed by atoms with Gasteiger partial charge in [0.05, 0.1) is 22.8 Å². The van der Waals surface area contributed by atoms with Gasteiger partial charge in [-0.05, 0) is 76.4 Å². The highest BCUT2D eigenvalue weighted by Gasteiger charge is 2.42. The van der Waals surface area contributed by atoms with Gasteiger partial charge in [-0.15, -0.1) is 0 Å². The molecule has 3 aromatic carbocycles. The van der Waals surface area contributed by atoms with Crippen molar-refractivity contribution in [2.24, 2.45) is 5.10 Å². The fraction of sp³-hybridized carbons (Fsp3) is 0.269. The summed E-state index contributed by atoms with van der Waals surface area (Å²) in [4.78, 5) is 0. The van der Waals surface area contributed by atoms with E-state index >= 15 is 0 Å². The maximum absolute atomic E-state index is 6.55. The van der Waals surface area contributed by atoms with Gasteiger partial charge in [0.1, 0.15) is 11.5 Å². The first-order valence-electron chi connectivity index (χ1n) is 11.0. The van der Waals surface area contributed by atoms with E-state index in [0.29, 0.717) is 0 Å². The molecule has 0 spiro atoms. The van der Waals surface area contributed by atoms with E-state index in [1.165, 1.54) is 0 Å². The van der Waals surface area contributed by atoms with Gasteiger partial charge in [0, 0.05) is 27.0 Å². The molecule has 0 saturated heterocycles. The first-order valence-corrected chi connectivity index (χ1v) is 13.0. The monoisotopic (exact) mass is 588 g/mol. The molecule has 0 aromatic heterocycles. The fourth-order valence-corrected chi connectivity index (χ4v) is 5.69. The van der Waals surface area contributed by atoms with E-state index in [1.807, 2.05) is 42.5 Å². The highest BCUT2D eigenvalue weighted by Crippen LogP contribution is 2.51. The lowest BCUT2D eigenvalue weighted by Gasteiger charge is -2.38. The second-order valence-corrected chi connectivity index (χ2v) is 10.4. The number of benzene rings is 3. The summed E-state index contributed by atoms with van der Waals surface area (Å²) >= 11 is 13.4. The van der Waals surface area contributed by atoms with Gasteiger partial charge in [0.2, 0.25) is 6.23 Å². The Kier molecular flexibility index (Phi) is 6.68. The lowest BCUT2D eigenvalue weighted by molar-refractivity contribution is -0.0197. The summed E-state index contributed by atoms with van der Waals surface area (Å²) < 4.78 is 14.3. The van der Waals surface area contributed by atoms with Crippen LogP contribution >= 0.6 is 43.5 Å². The number of rotatable bonds is 6. The van der Waals surface area contributed by atoms with Crippen LogP contribution < -0.4 is 9.47 Å². The van der Waals surface area contributed by atoms with Crippen LogP contribution in [0.5, 0.6) is 11.5 Å². The Bertz CT molecular complexity index is 1180. The van der Waals surface area contributed by atoms with E-state index in [4.69, 9.17) is 26.2 Å². The van der Waals surface area contributed by atoms with E-state index in [9.17, 15) is 0 Å². The molecule has 2 aliphatic heterocycles. The number of unbranched alkanes of at least 4 members (excludes halogenated alkanes) is 1. The van der Waals surface area contributed by atoms with Crippen LogP contribution in [-0.4, -0.2) is 17.3 Å². The predicted octanol–water partition coefficient (Wildman–Crippen LogP) is 8.29. The summed E-state index contributed by atoms with van der Waals surface area (Å²) in [5.41, 5.74) is 4.24. The first kappa shape index (κ1) is 22.8. The number of fused-ring (bicyclic) bond motifs is 3. The van der Waals surface area contributed by atoms with Gasteiger partial charge < -0.3 is 9.47 Å². The number of nitrogens with zero attached hydrogens (tertiary/aromatic N) is 2. The quantitative estimate of drug-likeness (QED) is 0.271. The van der Waals surface area contributed by atoms with Crippen LogP contribution in [0.15, 0.2) is 74.7 Å². The van der Waals surface area contributed by atoms with Crippen molar-refractivity contribution in [2.75, 3.05) is 6.61 Å². The van der Waals surface area contributed by atoms with Crippen molar-refractivity contribution in [1.29, 1.82) is 0 Å². The molecule has 5 rings (SSSR count). The minimum absolute atomic E-state index is 0.0682. The molecule has 0 N–H and O–H groups in total. The van der Waals surface area contributed by atoms with Crippen molar-refractivity contribution < 1.29 is 9.47 Å². The topological polar surface area (TPSA) is 34.1 Å². The van der Waals surface area contributed by atoms with Crippen LogP contribution in [0.3, 0.4) is 0 Å². The summed E-state index contributed by atoms with van der Waals surface area (Å²) in [5.74, 6) is 1.73. The highest BCUT2D eigenvalue weighted by molar-refractivity contribution is 9.11. The second kappa shape index (κ2) is 9.69. The molecule has 0 fully saturated rings. The van der Waals surface area contributed by atoms with E-state index in [-0.39, 0.29) is 12.3 Å². The smallest absolute Gasteiger partial charge is 0.213 e. The molecule has 33 heavy (non-hydrogen) atoms. The molecule has 0 radical (unpaired) electrons. The average Bonchev–Trinajstić information content (AvgIpc) is 3.26. The summed E-state index contributed by atoms with van der Waals surface area (Å²) in [6, 6.07) is 20.2. The van der Waals surface area contributed by atoms with E-state index < -0.39 is 0 Å². The molecule has 7 heteroatoms. The van der Waals surface area contributed by atoms with Gasteiger partial charge in [-0.25, -0.2) is 5.01 Å². The first-order chi connectivity index (χ1) is 16.0. The number of ether oxygens (including phenoxy) is 2. The number of hydrogen-bond donors (Lipinski definition) is 0. The Morgan fingerprint density at radius 2 is 1.85 bits per heavy atom. The van der Waals surface area contributed by atoms with Crippen molar-refractivity contribution >= 4 is 49.2 Å². The van der Waals surface area contributed by atoms with Crippen LogP contribution in [0.1, 0.15) is 55.1 Å². The molecular formula is C26H23Br2ClN2O2. The third-order valence-corrected chi connectivity index (χ3v) is 7.22. The Morgan fingerprint density at radius 1 is 1.09 bits per heavy atom. The molecule has 4 nitrogen and oxygen atoms in total. The SMILES string of the molecule is CCCCOc1ccc([C@H]2Oc3c(Br)cc(Br)cc3[C@@H]3CC(c4ccc(Cl)cc4)=NN23)cc1. The zero-order valence-corrected chi connectivity index (χ0v) is 22.0. The lowest BCUT2D eigenvalue weighted by Crippen LogP contribution is -2.33. The zero-order chi connectivity index (χ0) is 22.9. The molecule has 0 unspecified atom stereocenters. The number of hydrogen-bond acceptors (Lipinski definition) is 4. The molecule has 0 saturated carbocycles. The van der Waals surface area contributed by atoms with Crippen molar-refractivity contribution in [3.63, 3.8) is 0 Å². The average molecular weight is 591 g/mol. The molecule has 2 aliphatic rings. The van der Waals surface area contributed by atoms with Crippen LogP contribution in [0, 0.1) is 0 Å². The number of hydrazone groups is 1. The Balaban J connectivity index is 1.51. The highest BCUT2D eigenvalue weighted by atomic mass is 79.9. The molecule has 2 heterocycles. The van der Waals surface area contributed by atoms with Crippen molar-refractivity contribution in [1.82, 2.24) is 5.01 Å². The summed E-state index contributed by atoms with van der Waals surface area (Å²) in [5, 5.41) is 7.83. The standard InChI is InChI=1S/C26H23Br2ClN2O2/c1-2-3-12-32-20-10-6-17(7-11-20)26-31-24(21-13-18(27)14-22(28)25(21)33-26)15-23(30-31)16-4-8-19(29)9-5-16/h4-11,13-14,24,26H,2-3,12,15H2,1H3/t24-,26+/m0/s1. The van der Waals surface area contributed by atoms with Gasteiger partial charge in [-0.1, -0.05) is 53.0 Å². The van der Waals surface area contributed by atoms with Crippen molar-refractivity contribution in [3.8, 4) is 11.5 Å². The number of halogens is 3. The molecule has 0 aliphatic carbocycles. The Labute approximate surface area is 215 Å². The molecular weight excluding hydrogens is 568 g/mol. The zero-order valence-electron chi connectivity index (χ0n) is 18.1. The van der Waals surface area contributed by atoms with Crippen LogP contribution in [-0.2, 0) is 0 Å². The summed E-state index contributed by atoms with van der Waals surface area (Å²) in [6.45, 7) is 2.89. The summed E-state index contributed by atoms with van der Waals surface area (Å²) in [6.07, 6.45) is 2.61. The van der Waals surface area contributed by atoms with Crippen molar-refractivity contribution in [3.05, 3.63) is 91.3 Å². The predicted molar refractivity (Wildman–Crippen MR) is 139 cm³/mol. The maximum Gasteiger partial charge on any atom is 0.213 e. The third kappa shape index (κ3) is 4.66. The minimum atomic E-state index is -0.338. The largest absolute Gasteiger partial charge is 0.494 e. The molecule has 0 amide bonds. The van der Waals surface area contributed by atoms with Gasteiger partial charge >= 0.3 is 0 Å². The van der Waals surface area contributed by atoms with Gasteiger partial charge in [0.25, 0.3) is 0 Å². The van der Waals surface area contributed by atoms with E-state index in [1.54, 1.807) is 0 Å². The van der Waals surface area contributed by atoms with Crippen LogP contribution in [0.25, 0.3) is 0 Å². The van der Waals surface area contributed by atoms with E-state index in [0.717, 1.165) is 73.7 Å². The third-order valence-electron chi connectivity index (χ3n) is 5.92. The maximum atomic E-state index is 6.55. The molecule has 3 aromatic rings. The molecule has 170 valence electrons. The summed E-state index contributed by atoms with van der Waals surface area (Å²) in [7, 11) is 0. The molecule has 2 atom stereocenters. The van der Waals surface area contributed by atoms with Gasteiger partial charge in [0.15, 0.2) is 0 Å². The van der Waals surface area contributed by atoms with Gasteiger partial charge in [-0.2, -0.15) is 5.10 Å². The van der Waals surface area contributed by atoms with Crippen molar-refractivity contribution in [2.45, 2.75) is 38.5 Å². The lowest BCUT2D eigenvalue weighted by atomic mass is 9.96. The normalized spacial score (nSPS) is 18.9.